The molecule has 0 aliphatic rings. The number of hydrogen-bond acceptors (Lipinski definition) is 1. The third kappa shape index (κ3) is 4.56. The second-order valence-corrected chi connectivity index (χ2v) is 2.94. The molecule has 0 aromatic heterocycles. The zero-order valence-corrected chi connectivity index (χ0v) is 6.89. The summed E-state index contributed by atoms with van der Waals surface area (Å²) in [5.74, 6) is 0. The van der Waals surface area contributed by atoms with Gasteiger partial charge in [0.15, 0.2) is 0 Å². The molecule has 0 amide bonds. The van der Waals surface area contributed by atoms with E-state index in [9.17, 15) is 8.78 Å². The van der Waals surface area contributed by atoms with Crippen LogP contribution >= 0.6 is 12.2 Å². The smallest absolute Gasteiger partial charge is 0.173 e. The van der Waals surface area contributed by atoms with Gasteiger partial charge in [-0.1, -0.05) is 12.2 Å². The molecule has 0 rings (SSSR count). The van der Waals surface area contributed by atoms with E-state index in [1.807, 2.05) is 0 Å². The van der Waals surface area contributed by atoms with E-state index in [4.69, 9.17) is 12.2 Å². The third-order valence-corrected chi connectivity index (χ3v) is 1.38. The topological polar surface area (TPSA) is 0 Å². The summed E-state index contributed by atoms with van der Waals surface area (Å²) < 4.78 is 23.4. The molecule has 0 bridgehead atoms. The summed E-state index contributed by atoms with van der Waals surface area (Å²) in [5.41, 5.74) is 0.143. The van der Waals surface area contributed by atoms with Gasteiger partial charge < -0.3 is 0 Å². The summed E-state index contributed by atoms with van der Waals surface area (Å²) >= 11 is 4.73. The molecule has 10 heavy (non-hydrogen) atoms. The van der Waals surface area contributed by atoms with E-state index < -0.39 is 6.08 Å². The molecule has 0 radical (unpaired) electrons. The van der Waals surface area contributed by atoms with Gasteiger partial charge in [0.25, 0.3) is 6.08 Å². The molecule has 0 atom stereocenters. The second kappa shape index (κ2) is 4.50. The predicted octanol–water partition coefficient (Wildman–Crippen LogP) is 3.33. The van der Waals surface area contributed by atoms with Crippen molar-refractivity contribution < 1.29 is 8.78 Å². The van der Waals surface area contributed by atoms with E-state index in [1.165, 1.54) is 6.92 Å². The summed E-state index contributed by atoms with van der Waals surface area (Å²) in [7, 11) is 0. The molecule has 0 fully saturated rings. The standard InChI is InChI=1S/C7H10F2S/c1-5(7(8)9)3-4-6(2)10/h3-4H2,1-2H3. The van der Waals surface area contributed by atoms with Gasteiger partial charge in [0, 0.05) is 0 Å². The van der Waals surface area contributed by atoms with Crippen LogP contribution in [0, 0.1) is 0 Å². The van der Waals surface area contributed by atoms with Gasteiger partial charge in [-0.05, 0) is 37.1 Å². The molecule has 0 N–H and O–H groups in total. The van der Waals surface area contributed by atoms with E-state index in [-0.39, 0.29) is 5.57 Å². The number of halogens is 2. The van der Waals surface area contributed by atoms with Gasteiger partial charge in [0.05, 0.1) is 0 Å². The predicted molar refractivity (Wildman–Crippen MR) is 42.4 cm³/mol. The summed E-state index contributed by atoms with van der Waals surface area (Å²) in [6.07, 6.45) is -0.604. The maximum absolute atomic E-state index is 11.7. The lowest BCUT2D eigenvalue weighted by Gasteiger charge is -1.96. The Kier molecular flexibility index (Phi) is 4.36. The minimum atomic E-state index is -1.57. The van der Waals surface area contributed by atoms with E-state index in [0.717, 1.165) is 4.86 Å². The highest BCUT2D eigenvalue weighted by Gasteiger charge is 1.99. The van der Waals surface area contributed by atoms with Crippen molar-refractivity contribution in [3.05, 3.63) is 11.7 Å². The molecule has 0 spiro atoms. The van der Waals surface area contributed by atoms with Crippen LogP contribution in [-0.2, 0) is 0 Å². The van der Waals surface area contributed by atoms with E-state index in [2.05, 4.69) is 0 Å². The molecular formula is C7H10F2S. The zero-order chi connectivity index (χ0) is 8.15. The normalized spacial score (nSPS) is 9.20. The van der Waals surface area contributed by atoms with Gasteiger partial charge in [-0.3, -0.25) is 0 Å². The van der Waals surface area contributed by atoms with Crippen LogP contribution in [0.5, 0.6) is 0 Å². The van der Waals surface area contributed by atoms with Crippen molar-refractivity contribution in [1.29, 1.82) is 0 Å². The Balaban J connectivity index is 3.71. The summed E-state index contributed by atoms with van der Waals surface area (Å²) in [4.78, 5) is 0.778. The molecule has 0 aromatic carbocycles. The second-order valence-electron chi connectivity index (χ2n) is 2.24. The minimum absolute atomic E-state index is 0.143. The van der Waals surface area contributed by atoms with Gasteiger partial charge in [0.1, 0.15) is 0 Å². The number of hydrogen-bond donors (Lipinski definition) is 0. The van der Waals surface area contributed by atoms with Crippen molar-refractivity contribution in [2.45, 2.75) is 26.7 Å². The minimum Gasteiger partial charge on any atom is -0.173 e. The zero-order valence-electron chi connectivity index (χ0n) is 6.08. The lowest BCUT2D eigenvalue weighted by Crippen LogP contribution is -1.87. The first-order chi connectivity index (χ1) is 4.54. The highest BCUT2D eigenvalue weighted by Crippen LogP contribution is 2.12. The van der Waals surface area contributed by atoms with Crippen LogP contribution in [0.25, 0.3) is 0 Å². The average molecular weight is 164 g/mol. The van der Waals surface area contributed by atoms with Gasteiger partial charge in [-0.15, -0.1) is 0 Å². The molecule has 0 aliphatic heterocycles. The molecule has 0 heterocycles. The van der Waals surface area contributed by atoms with Crippen molar-refractivity contribution >= 4 is 17.1 Å². The summed E-state index contributed by atoms with van der Waals surface area (Å²) in [6.45, 7) is 3.19. The number of allylic oxidation sites excluding steroid dienone is 1. The van der Waals surface area contributed by atoms with Crippen molar-refractivity contribution in [3.8, 4) is 0 Å². The van der Waals surface area contributed by atoms with Crippen molar-refractivity contribution in [3.63, 3.8) is 0 Å². The maximum Gasteiger partial charge on any atom is 0.269 e. The molecule has 0 aromatic rings. The first kappa shape index (κ1) is 9.69. The fourth-order valence-electron chi connectivity index (χ4n) is 0.458. The molecule has 0 aliphatic carbocycles. The Morgan fingerprint density at radius 2 is 1.70 bits per heavy atom. The van der Waals surface area contributed by atoms with Crippen molar-refractivity contribution in [1.82, 2.24) is 0 Å². The lowest BCUT2D eigenvalue weighted by atomic mass is 10.1. The summed E-state index contributed by atoms with van der Waals surface area (Å²) in [6, 6.07) is 0. The van der Waals surface area contributed by atoms with E-state index in [0.29, 0.717) is 12.8 Å². The van der Waals surface area contributed by atoms with Gasteiger partial charge in [-0.2, -0.15) is 8.78 Å². The molecule has 0 saturated carbocycles. The van der Waals surface area contributed by atoms with Crippen LogP contribution in [0.4, 0.5) is 8.78 Å². The van der Waals surface area contributed by atoms with Crippen molar-refractivity contribution in [2.75, 3.05) is 0 Å². The first-order valence-electron chi connectivity index (χ1n) is 3.04. The van der Waals surface area contributed by atoms with E-state index >= 15 is 0 Å². The van der Waals surface area contributed by atoms with Gasteiger partial charge in [0.2, 0.25) is 0 Å². The SMILES string of the molecule is CC(=S)CCC(C)=C(F)F. The van der Waals surface area contributed by atoms with Gasteiger partial charge in [-0.25, -0.2) is 0 Å². The molecule has 0 saturated heterocycles. The Hall–Kier alpha value is -0.310. The molecular weight excluding hydrogens is 154 g/mol. The fraction of sp³-hybridized carbons (Fsp3) is 0.571. The average Bonchev–Trinajstić information content (AvgIpc) is 1.82. The van der Waals surface area contributed by atoms with Crippen LogP contribution in [0.15, 0.2) is 11.7 Å². The quantitative estimate of drug-likeness (QED) is 0.576. The highest BCUT2D eigenvalue weighted by atomic mass is 32.1. The van der Waals surface area contributed by atoms with Crippen LogP contribution in [-0.4, -0.2) is 4.86 Å². The number of thiocarbonyl (C=S) groups is 1. The Morgan fingerprint density at radius 1 is 1.20 bits per heavy atom. The van der Waals surface area contributed by atoms with Crippen LogP contribution in [0.3, 0.4) is 0 Å². The molecule has 0 nitrogen and oxygen atoms in total. The highest BCUT2D eigenvalue weighted by molar-refractivity contribution is 7.80. The molecule has 3 heteroatoms. The Labute approximate surface area is 64.9 Å². The molecule has 0 unspecified atom stereocenters. The fourth-order valence-corrected chi connectivity index (χ4v) is 0.560. The monoisotopic (exact) mass is 164 g/mol. The number of rotatable bonds is 3. The maximum atomic E-state index is 11.7. The largest absolute Gasteiger partial charge is 0.269 e. The lowest BCUT2D eigenvalue weighted by molar-refractivity contribution is 0.408. The molecule has 58 valence electrons. The van der Waals surface area contributed by atoms with Crippen LogP contribution < -0.4 is 0 Å². The first-order valence-corrected chi connectivity index (χ1v) is 3.45. The van der Waals surface area contributed by atoms with Gasteiger partial charge >= 0.3 is 0 Å². The third-order valence-electron chi connectivity index (χ3n) is 1.17. The van der Waals surface area contributed by atoms with Crippen molar-refractivity contribution in [2.24, 2.45) is 0 Å². The Morgan fingerprint density at radius 3 is 2.00 bits per heavy atom. The van der Waals surface area contributed by atoms with E-state index in [1.54, 1.807) is 6.92 Å². The van der Waals surface area contributed by atoms with Crippen LogP contribution in [0.1, 0.15) is 26.7 Å². The summed E-state index contributed by atoms with van der Waals surface area (Å²) in [5, 5.41) is 0. The van der Waals surface area contributed by atoms with Crippen LogP contribution in [0.2, 0.25) is 0 Å². The Bertz CT molecular complexity index is 157.